The largest absolute Gasteiger partial charge is 0.314 e. The molecule has 3 saturated carbocycles. The third-order valence-electron chi connectivity index (χ3n) is 11.0. The van der Waals surface area contributed by atoms with E-state index in [-0.39, 0.29) is 0 Å². The number of rotatable bonds is 3. The zero-order chi connectivity index (χ0) is 28.7. The summed E-state index contributed by atoms with van der Waals surface area (Å²) in [4.78, 5) is 8.00. The molecule has 8 unspecified atom stereocenters. The molecule has 5 nitrogen and oxygen atoms in total. The normalized spacial score (nSPS) is 39.1. The van der Waals surface area contributed by atoms with Crippen molar-refractivity contribution < 1.29 is 4.79 Å². The molecule has 5 rings (SSSR count). The minimum Gasteiger partial charge on any atom is -0.314 e. The smallest absolute Gasteiger partial charge is 0.106 e. The molecule has 1 saturated heterocycles. The van der Waals surface area contributed by atoms with E-state index < -0.39 is 0 Å². The van der Waals surface area contributed by atoms with E-state index in [2.05, 4.69) is 58.0 Å². The second kappa shape index (κ2) is 14.4. The van der Waals surface area contributed by atoms with Crippen LogP contribution < -0.4 is 10.7 Å². The molecule has 0 aromatic rings. The van der Waals surface area contributed by atoms with Gasteiger partial charge < -0.3 is 15.5 Å². The van der Waals surface area contributed by atoms with Crippen LogP contribution in [0.15, 0.2) is 23.8 Å². The van der Waals surface area contributed by atoms with Crippen LogP contribution in [0.3, 0.4) is 0 Å². The fraction of sp³-hybridized carbons (Fsp3) is 0.818. The van der Waals surface area contributed by atoms with Crippen LogP contribution in [-0.4, -0.2) is 51.2 Å². The summed E-state index contributed by atoms with van der Waals surface area (Å²) in [5.41, 5.74) is 7.75. The molecule has 3 N–H and O–H groups in total. The van der Waals surface area contributed by atoms with Crippen LogP contribution in [0.5, 0.6) is 0 Å². The average molecular weight is 529 g/mol. The highest BCUT2D eigenvalue weighted by molar-refractivity contribution is 5.82. The van der Waals surface area contributed by atoms with Gasteiger partial charge in [0.15, 0.2) is 0 Å². The quantitative estimate of drug-likeness (QED) is 0.271. The van der Waals surface area contributed by atoms with Gasteiger partial charge in [-0.1, -0.05) is 51.5 Å². The Hall–Kier alpha value is -1.30. The summed E-state index contributed by atoms with van der Waals surface area (Å²) in [7, 11) is 5.76. The number of fused-ring (bicyclic) bond motifs is 5. The van der Waals surface area contributed by atoms with Crippen molar-refractivity contribution >= 4 is 12.5 Å². The highest BCUT2D eigenvalue weighted by Crippen LogP contribution is 2.66. The van der Waals surface area contributed by atoms with Gasteiger partial charge in [0, 0.05) is 31.8 Å². The molecule has 0 aromatic heterocycles. The summed E-state index contributed by atoms with van der Waals surface area (Å²) in [5, 5.41) is 13.6. The van der Waals surface area contributed by atoms with Crippen molar-refractivity contribution in [3.05, 3.63) is 23.8 Å². The third-order valence-corrected chi connectivity index (χ3v) is 11.0. The lowest BCUT2D eigenvalue weighted by molar-refractivity contribution is -0.0980. The van der Waals surface area contributed by atoms with Gasteiger partial charge in [-0.3, -0.25) is 10.4 Å². The minimum absolute atomic E-state index is 0.419. The van der Waals surface area contributed by atoms with E-state index in [4.69, 9.17) is 10.2 Å². The second-order valence-electron chi connectivity index (χ2n) is 13.5. The zero-order valence-electron chi connectivity index (χ0n) is 26.1. The van der Waals surface area contributed by atoms with Crippen LogP contribution in [0.1, 0.15) is 98.8 Å². The molecule has 8 atom stereocenters. The Morgan fingerprint density at radius 2 is 1.79 bits per heavy atom. The molecular weight excluding hydrogens is 468 g/mol. The molecule has 0 bridgehead atoms. The van der Waals surface area contributed by atoms with Gasteiger partial charge in [-0.25, -0.2) is 0 Å². The van der Waals surface area contributed by atoms with Gasteiger partial charge in [0.25, 0.3) is 0 Å². The van der Waals surface area contributed by atoms with E-state index in [0.29, 0.717) is 16.7 Å². The first kappa shape index (κ1) is 32.9. The number of hydrogen-bond acceptors (Lipinski definition) is 5. The monoisotopic (exact) mass is 528 g/mol. The van der Waals surface area contributed by atoms with Gasteiger partial charge in [0.05, 0.1) is 0 Å². The van der Waals surface area contributed by atoms with Crippen LogP contribution in [0.25, 0.3) is 0 Å². The third kappa shape index (κ3) is 7.26. The Bertz CT molecular complexity index is 822. The molecule has 0 aromatic carbocycles. The van der Waals surface area contributed by atoms with Crippen molar-refractivity contribution in [1.82, 2.24) is 15.8 Å². The van der Waals surface area contributed by atoms with Gasteiger partial charge in [0.1, 0.15) is 6.79 Å². The van der Waals surface area contributed by atoms with Crippen molar-refractivity contribution in [3.63, 3.8) is 0 Å². The molecular formula is C33H60N4O. The van der Waals surface area contributed by atoms with E-state index in [0.717, 1.165) is 35.4 Å². The predicted octanol–water partition coefficient (Wildman–Crippen LogP) is 7.05. The number of allylic oxidation sites excluding steroid dienone is 3. The molecule has 218 valence electrons. The molecule has 1 aliphatic heterocycles. The topological polar surface area (TPSA) is 68.2 Å². The second-order valence-corrected chi connectivity index (χ2v) is 13.5. The number of carbonyl (C=O) groups is 1. The van der Waals surface area contributed by atoms with Crippen molar-refractivity contribution in [2.75, 3.05) is 27.7 Å². The summed E-state index contributed by atoms with van der Waals surface area (Å²) in [6.07, 6.45) is 15.7. The number of nitrogens with one attached hydrogen (secondary N) is 3. The van der Waals surface area contributed by atoms with Gasteiger partial charge in [0.2, 0.25) is 0 Å². The molecule has 4 fully saturated rings. The van der Waals surface area contributed by atoms with E-state index in [1.54, 1.807) is 5.57 Å². The van der Waals surface area contributed by atoms with Gasteiger partial charge >= 0.3 is 0 Å². The summed E-state index contributed by atoms with van der Waals surface area (Å²) in [6.45, 7) is 19.2. The number of hydrogen-bond donors (Lipinski definition) is 3. The fourth-order valence-electron chi connectivity index (χ4n) is 8.69. The molecule has 1 heterocycles. The predicted molar refractivity (Wildman–Crippen MR) is 163 cm³/mol. The van der Waals surface area contributed by atoms with Crippen molar-refractivity contribution in [1.29, 1.82) is 5.41 Å². The van der Waals surface area contributed by atoms with Gasteiger partial charge in [-0.05, 0) is 119 Å². The lowest BCUT2D eigenvalue weighted by Crippen LogP contribution is -2.50. The fourth-order valence-corrected chi connectivity index (χ4v) is 8.69. The summed E-state index contributed by atoms with van der Waals surface area (Å²) in [5.74, 6) is 4.14. The maximum Gasteiger partial charge on any atom is 0.106 e. The Morgan fingerprint density at radius 1 is 1.13 bits per heavy atom. The van der Waals surface area contributed by atoms with Gasteiger partial charge in [-0.15, -0.1) is 0 Å². The maximum atomic E-state index is 8.26. The molecule has 0 spiro atoms. The molecule has 38 heavy (non-hydrogen) atoms. The van der Waals surface area contributed by atoms with Crippen LogP contribution in [0, 0.1) is 45.8 Å². The first-order chi connectivity index (χ1) is 18.0. The molecule has 5 aliphatic rings. The Balaban J connectivity index is 0.000000279. The molecule has 0 amide bonds. The Morgan fingerprint density at radius 3 is 2.29 bits per heavy atom. The maximum absolute atomic E-state index is 8.26. The number of hydrazine groups is 1. The zero-order valence-corrected chi connectivity index (χ0v) is 26.1. The average Bonchev–Trinajstić information content (AvgIpc) is 3.48. The number of carbonyl (C=O) groups excluding carboxylic acids is 1. The summed E-state index contributed by atoms with van der Waals surface area (Å²) in [6, 6.07) is 0.824. The van der Waals surface area contributed by atoms with Crippen molar-refractivity contribution in [2.45, 2.75) is 105 Å². The van der Waals surface area contributed by atoms with Crippen LogP contribution in [-0.2, 0) is 4.79 Å². The van der Waals surface area contributed by atoms with Crippen LogP contribution in [0.4, 0.5) is 0 Å². The lowest BCUT2D eigenvalue weighted by Gasteiger charge is -2.58. The first-order valence-electron chi connectivity index (χ1n) is 15.3. The number of nitrogens with zero attached hydrogens (tertiary/aromatic N) is 1. The first-order valence-corrected chi connectivity index (χ1v) is 15.3. The lowest BCUT2D eigenvalue weighted by atomic mass is 9.46. The molecule has 0 radical (unpaired) electrons. The van der Waals surface area contributed by atoms with Gasteiger partial charge in [-0.2, -0.15) is 0 Å². The molecule has 4 aliphatic carbocycles. The SMILES string of the molecule is C=C1C=C2CCC3C(CCC4(C)C(C(C)=N)CCC34)C2(C)CC1.C=O.CCC1CC(C)CN1.CNN(C)C. The Kier molecular flexibility index (Phi) is 12.4. The van der Waals surface area contributed by atoms with E-state index in [1.165, 1.54) is 76.3 Å². The highest BCUT2D eigenvalue weighted by atomic mass is 16.1. The van der Waals surface area contributed by atoms with Crippen molar-refractivity contribution in [2.24, 2.45) is 40.4 Å². The summed E-state index contributed by atoms with van der Waals surface area (Å²) >= 11 is 0. The minimum atomic E-state index is 0.419. The Labute approximate surface area is 235 Å². The van der Waals surface area contributed by atoms with Crippen molar-refractivity contribution in [3.8, 4) is 0 Å². The molecule has 5 heteroatoms. The summed E-state index contributed by atoms with van der Waals surface area (Å²) < 4.78 is 0. The van der Waals surface area contributed by atoms with E-state index in [9.17, 15) is 0 Å². The van der Waals surface area contributed by atoms with E-state index >= 15 is 0 Å². The van der Waals surface area contributed by atoms with Crippen LogP contribution >= 0.6 is 0 Å². The van der Waals surface area contributed by atoms with Crippen LogP contribution in [0.2, 0.25) is 0 Å². The van der Waals surface area contributed by atoms with E-state index in [1.807, 2.05) is 32.9 Å². The highest BCUT2D eigenvalue weighted by Gasteiger charge is 2.58. The standard InChI is InChI=1S/C22H33N.C7H15N.C3H10N2.CH2O/c1-14-9-11-21(3)16(13-14)5-6-17-19-8-7-18(15(2)23)22(19,4)12-10-20(17)21;1-3-7-4-6(2)5-8-7;1-4-5(2)3;1-2/h13,17-20,23H,1,5-12H2,2-4H3;6-8H,3-5H2,1-2H3;4H,1-3H3;1H2.